The van der Waals surface area contributed by atoms with Crippen molar-refractivity contribution in [3.05, 3.63) is 132 Å². The first-order valence-electron chi connectivity index (χ1n) is 14.6. The minimum Gasteiger partial charge on any atom is -0.484 e. The van der Waals surface area contributed by atoms with Gasteiger partial charge in [0.05, 0.1) is 12.1 Å². The van der Waals surface area contributed by atoms with Crippen molar-refractivity contribution in [1.82, 2.24) is 10.6 Å². The number of aliphatic carboxylic acids is 1. The molecule has 0 aromatic heterocycles. The van der Waals surface area contributed by atoms with Crippen LogP contribution in [0.25, 0.3) is 0 Å². The fourth-order valence-corrected chi connectivity index (χ4v) is 6.41. The number of aliphatic hydroxyl groups is 1. The van der Waals surface area contributed by atoms with Gasteiger partial charge in [-0.1, -0.05) is 91.0 Å². The number of aliphatic hydroxyl groups excluding tert-OH is 1. The second-order valence-corrected chi connectivity index (χ2v) is 11.7. The molecule has 1 fully saturated rings. The van der Waals surface area contributed by atoms with Crippen LogP contribution in [0.3, 0.4) is 0 Å². The third-order valence-corrected chi connectivity index (χ3v) is 8.73. The highest BCUT2D eigenvalue weighted by Gasteiger charge is 2.49. The number of rotatable bonds is 14. The summed E-state index contributed by atoms with van der Waals surface area (Å²) in [5.41, 5.74) is 2.92. The van der Waals surface area contributed by atoms with E-state index in [-0.39, 0.29) is 18.6 Å². The first-order chi connectivity index (χ1) is 22.3. The number of para-hydroxylation sites is 1. The van der Waals surface area contributed by atoms with Crippen molar-refractivity contribution in [3.8, 4) is 5.75 Å². The number of ether oxygens (including phenoxy) is 1. The van der Waals surface area contributed by atoms with Crippen molar-refractivity contribution in [2.24, 2.45) is 0 Å². The number of nitrogens with zero attached hydrogens (tertiary/aromatic N) is 1. The lowest BCUT2D eigenvalue weighted by Crippen LogP contribution is -2.57. The molecule has 236 valence electrons. The number of carboxylic acids is 1. The van der Waals surface area contributed by atoms with Crippen LogP contribution in [0.1, 0.15) is 34.9 Å². The van der Waals surface area contributed by atoms with Crippen LogP contribution < -0.4 is 20.3 Å². The van der Waals surface area contributed by atoms with Gasteiger partial charge < -0.3 is 30.5 Å². The minimum atomic E-state index is -1.20. The molecule has 0 radical (unpaired) electrons. The Bertz CT molecular complexity index is 1640. The van der Waals surface area contributed by atoms with Crippen molar-refractivity contribution in [1.29, 1.82) is 0 Å². The first kappa shape index (κ1) is 32.3. The summed E-state index contributed by atoms with van der Waals surface area (Å²) in [5.74, 6) is -1.71. The van der Waals surface area contributed by atoms with Crippen molar-refractivity contribution in [2.45, 2.75) is 23.4 Å². The van der Waals surface area contributed by atoms with Gasteiger partial charge in [0.15, 0.2) is 6.61 Å². The van der Waals surface area contributed by atoms with Crippen LogP contribution in [0, 0.1) is 0 Å². The third-order valence-electron chi connectivity index (χ3n) is 7.40. The minimum absolute atomic E-state index is 0.0428. The van der Waals surface area contributed by atoms with E-state index in [0.717, 1.165) is 16.8 Å². The van der Waals surface area contributed by atoms with Crippen molar-refractivity contribution < 1.29 is 34.1 Å². The largest absolute Gasteiger partial charge is 0.484 e. The number of hydrogen-bond acceptors (Lipinski definition) is 7. The number of anilines is 1. The van der Waals surface area contributed by atoms with Crippen molar-refractivity contribution in [2.75, 3.05) is 23.8 Å². The zero-order chi connectivity index (χ0) is 32.5. The lowest BCUT2D eigenvalue weighted by atomic mass is 9.92. The molecule has 1 heterocycles. The van der Waals surface area contributed by atoms with Gasteiger partial charge in [-0.2, -0.15) is 0 Å². The molecule has 0 saturated carbocycles. The van der Waals surface area contributed by atoms with E-state index < -0.39 is 41.7 Å². The Morgan fingerprint density at radius 2 is 1.41 bits per heavy atom. The topological polar surface area (TPSA) is 145 Å². The maximum Gasteiger partial charge on any atom is 0.322 e. The van der Waals surface area contributed by atoms with Crippen molar-refractivity contribution >= 4 is 41.1 Å². The number of β-lactam (4-membered cyclic amide) rings is 1. The normalized spacial score (nSPS) is 16.9. The molecule has 4 N–H and O–H groups in total. The lowest BCUT2D eigenvalue weighted by molar-refractivity contribution is -0.138. The molecule has 5 rings (SSSR count). The van der Waals surface area contributed by atoms with Crippen LogP contribution in [-0.4, -0.2) is 58.1 Å². The highest BCUT2D eigenvalue weighted by Crippen LogP contribution is 2.46. The van der Waals surface area contributed by atoms with E-state index in [2.05, 4.69) is 10.6 Å². The Balaban J connectivity index is 1.24. The van der Waals surface area contributed by atoms with Gasteiger partial charge in [0.2, 0.25) is 11.8 Å². The zero-order valence-corrected chi connectivity index (χ0v) is 25.5. The monoisotopic (exact) mass is 639 g/mol. The summed E-state index contributed by atoms with van der Waals surface area (Å²) in [6.45, 7) is -0.967. The maximum atomic E-state index is 13.3. The molecule has 46 heavy (non-hydrogen) atoms. The summed E-state index contributed by atoms with van der Waals surface area (Å²) in [5, 5.41) is 24.1. The highest BCUT2D eigenvalue weighted by molar-refractivity contribution is 8.00. The van der Waals surface area contributed by atoms with Gasteiger partial charge in [0.25, 0.3) is 5.91 Å². The number of carboxylic acid groups (broad SMARTS) is 1. The summed E-state index contributed by atoms with van der Waals surface area (Å²) >= 11 is 1.41. The van der Waals surface area contributed by atoms with Gasteiger partial charge in [-0.15, -0.1) is 11.8 Å². The second kappa shape index (κ2) is 15.2. The van der Waals surface area contributed by atoms with Crippen LogP contribution in [0.15, 0.2) is 115 Å². The predicted octanol–water partition coefficient (Wildman–Crippen LogP) is 4.05. The van der Waals surface area contributed by atoms with Crippen LogP contribution in [-0.2, 0) is 19.2 Å². The standard InChI is InChI=1S/C35H33N3O7S/c39-28(23-10-4-1-5-11-23)22-46-33-32(38(35(33)44)26-14-8-3-9-15-26)25-16-18-27(19-17-25)45-21-29(40)37-31(24-12-6-2-7-13-24)34(43)36-20-30(41)42/h1-19,28,31-33,39H,20-22H2,(H,36,43)(H,37,40)(H,41,42). The summed E-state index contributed by atoms with van der Waals surface area (Å²) < 4.78 is 5.70. The SMILES string of the molecule is O=C(O)CNC(=O)C(NC(=O)COc1ccc(C2C(SCC(O)c3ccccc3)C(=O)N2c2ccccc2)cc1)c1ccccc1. The molecule has 0 aliphatic carbocycles. The third kappa shape index (κ3) is 7.92. The van der Waals surface area contributed by atoms with Crippen LogP contribution in [0.2, 0.25) is 0 Å². The van der Waals surface area contributed by atoms with E-state index in [4.69, 9.17) is 9.84 Å². The molecular weight excluding hydrogens is 606 g/mol. The Hall–Kier alpha value is -5.13. The summed E-state index contributed by atoms with van der Waals surface area (Å²) in [6.07, 6.45) is -0.711. The number of carbonyl (C=O) groups is 4. The van der Waals surface area contributed by atoms with Gasteiger partial charge in [0.1, 0.15) is 23.6 Å². The van der Waals surface area contributed by atoms with E-state index in [1.165, 1.54) is 11.8 Å². The molecule has 4 aromatic carbocycles. The molecule has 11 heteroatoms. The molecule has 0 spiro atoms. The molecule has 10 nitrogen and oxygen atoms in total. The Kier molecular flexibility index (Phi) is 10.7. The van der Waals surface area contributed by atoms with Crippen LogP contribution in [0.4, 0.5) is 5.69 Å². The molecule has 4 aromatic rings. The number of nitrogens with one attached hydrogen (secondary N) is 2. The first-order valence-corrected chi connectivity index (χ1v) is 15.7. The molecule has 1 saturated heterocycles. The van der Waals surface area contributed by atoms with Crippen molar-refractivity contribution in [3.63, 3.8) is 0 Å². The number of carbonyl (C=O) groups excluding carboxylic acids is 3. The quantitative estimate of drug-likeness (QED) is 0.151. The average molecular weight is 640 g/mol. The number of amides is 3. The highest BCUT2D eigenvalue weighted by atomic mass is 32.2. The summed E-state index contributed by atoms with van der Waals surface area (Å²) in [6, 6.07) is 32.9. The van der Waals surface area contributed by atoms with Gasteiger partial charge >= 0.3 is 5.97 Å². The lowest BCUT2D eigenvalue weighted by Gasteiger charge is -2.47. The van der Waals surface area contributed by atoms with E-state index in [0.29, 0.717) is 17.1 Å². The van der Waals surface area contributed by atoms with E-state index >= 15 is 0 Å². The number of hydrogen-bond donors (Lipinski definition) is 4. The maximum absolute atomic E-state index is 13.3. The second-order valence-electron chi connectivity index (χ2n) is 10.5. The fourth-order valence-electron chi connectivity index (χ4n) is 5.11. The fraction of sp³-hybridized carbons (Fsp3) is 0.200. The van der Waals surface area contributed by atoms with Crippen LogP contribution >= 0.6 is 11.8 Å². The number of benzene rings is 4. The van der Waals surface area contributed by atoms with E-state index in [1.807, 2.05) is 72.8 Å². The predicted molar refractivity (Wildman–Crippen MR) is 174 cm³/mol. The number of thioether (sulfide) groups is 1. The van der Waals surface area contributed by atoms with Gasteiger partial charge in [-0.25, -0.2) is 0 Å². The molecule has 4 atom stereocenters. The Morgan fingerprint density at radius 1 is 0.826 bits per heavy atom. The molecule has 1 aliphatic heterocycles. The van der Waals surface area contributed by atoms with Gasteiger partial charge in [-0.05, 0) is 41.0 Å². The van der Waals surface area contributed by atoms with Gasteiger partial charge in [0, 0.05) is 11.4 Å². The molecule has 0 bridgehead atoms. The van der Waals surface area contributed by atoms with E-state index in [1.54, 1.807) is 47.4 Å². The smallest absolute Gasteiger partial charge is 0.322 e. The molecule has 3 amide bonds. The average Bonchev–Trinajstić information content (AvgIpc) is 3.09. The van der Waals surface area contributed by atoms with Gasteiger partial charge in [-0.3, -0.25) is 19.2 Å². The summed E-state index contributed by atoms with van der Waals surface area (Å²) in [7, 11) is 0. The van der Waals surface area contributed by atoms with E-state index in [9.17, 15) is 24.3 Å². The molecule has 4 unspecified atom stereocenters. The van der Waals surface area contributed by atoms with Crippen LogP contribution in [0.5, 0.6) is 5.75 Å². The molecule has 1 aliphatic rings. The summed E-state index contributed by atoms with van der Waals surface area (Å²) in [4.78, 5) is 51.4. The Morgan fingerprint density at radius 3 is 2.02 bits per heavy atom. The molecular formula is C35H33N3O7S. The zero-order valence-electron chi connectivity index (χ0n) is 24.7. The Labute approximate surface area is 270 Å².